The second-order valence-corrected chi connectivity index (χ2v) is 6.74. The first kappa shape index (κ1) is 21.9. The zero-order valence-electron chi connectivity index (χ0n) is 15.0. The molecule has 0 aromatic heterocycles. The topological polar surface area (TPSA) is 106 Å². The maximum Gasteiger partial charge on any atom is 0.324 e. The quantitative estimate of drug-likeness (QED) is 0.199. The maximum absolute atomic E-state index is 11.5. The first-order valence-electron chi connectivity index (χ1n) is 8.75. The minimum atomic E-state index is -0.346. The highest BCUT2D eigenvalue weighted by atomic mass is 127. The van der Waals surface area contributed by atoms with Crippen LogP contribution in [0.4, 0.5) is 4.79 Å². The lowest BCUT2D eigenvalue weighted by atomic mass is 9.73. The van der Waals surface area contributed by atoms with Gasteiger partial charge in [-0.1, -0.05) is 19.8 Å². The van der Waals surface area contributed by atoms with Gasteiger partial charge in [0.25, 0.3) is 0 Å². The largest absolute Gasteiger partial charge is 0.392 e. The van der Waals surface area contributed by atoms with Gasteiger partial charge in [-0.15, -0.1) is 24.0 Å². The number of halogens is 1. The lowest BCUT2D eigenvalue weighted by Gasteiger charge is -2.37. The van der Waals surface area contributed by atoms with Crippen LogP contribution in [0.3, 0.4) is 0 Å². The maximum atomic E-state index is 11.5. The molecule has 4 N–H and O–H groups in total. The Balaban J connectivity index is 0.00000312. The van der Waals surface area contributed by atoms with E-state index in [0.717, 1.165) is 25.7 Å². The van der Waals surface area contributed by atoms with E-state index in [-0.39, 0.29) is 54.0 Å². The number of nitrogens with one attached hydrogen (secondary N) is 3. The first-order chi connectivity index (χ1) is 11.5. The summed E-state index contributed by atoms with van der Waals surface area (Å²) in [5.74, 6) is 0.435. The Morgan fingerprint density at radius 3 is 2.76 bits per heavy atom. The average molecular weight is 467 g/mol. The zero-order valence-corrected chi connectivity index (χ0v) is 17.3. The van der Waals surface area contributed by atoms with Crippen molar-refractivity contribution in [1.82, 2.24) is 20.9 Å². The number of urea groups is 1. The van der Waals surface area contributed by atoms with Gasteiger partial charge in [0.15, 0.2) is 5.96 Å². The van der Waals surface area contributed by atoms with Crippen molar-refractivity contribution < 1.29 is 14.7 Å². The number of guanidine groups is 1. The molecule has 9 heteroatoms. The van der Waals surface area contributed by atoms with Crippen molar-refractivity contribution in [3.63, 3.8) is 0 Å². The number of amides is 3. The number of nitrogens with zero attached hydrogens (tertiary/aromatic N) is 2. The molecule has 0 aromatic rings. The van der Waals surface area contributed by atoms with Crippen LogP contribution in [0.1, 0.15) is 39.5 Å². The Morgan fingerprint density at radius 2 is 2.16 bits per heavy atom. The lowest BCUT2D eigenvalue weighted by molar-refractivity contribution is -0.124. The Hall–Kier alpha value is -1.10. The van der Waals surface area contributed by atoms with E-state index < -0.39 is 0 Å². The predicted octanol–water partition coefficient (Wildman–Crippen LogP) is 0.653. The third-order valence-corrected chi connectivity index (χ3v) is 4.79. The molecule has 8 nitrogen and oxygen atoms in total. The molecule has 144 valence electrons. The van der Waals surface area contributed by atoms with Gasteiger partial charge in [0.2, 0.25) is 5.91 Å². The van der Waals surface area contributed by atoms with Gasteiger partial charge in [0.05, 0.1) is 19.2 Å². The van der Waals surface area contributed by atoms with Gasteiger partial charge in [-0.3, -0.25) is 14.7 Å². The number of imide groups is 1. The number of hydrogen-bond donors (Lipinski definition) is 4. The Morgan fingerprint density at radius 1 is 1.40 bits per heavy atom. The Bertz CT molecular complexity index is 486. The molecule has 2 unspecified atom stereocenters. The number of aliphatic imine (C=N–C) groups is 1. The van der Waals surface area contributed by atoms with Crippen LogP contribution in [0, 0.1) is 5.41 Å². The van der Waals surface area contributed by atoms with E-state index in [9.17, 15) is 14.7 Å². The van der Waals surface area contributed by atoms with E-state index in [0.29, 0.717) is 32.1 Å². The van der Waals surface area contributed by atoms with Crippen LogP contribution in [0.5, 0.6) is 0 Å². The van der Waals surface area contributed by atoms with E-state index in [1.54, 1.807) is 0 Å². The molecule has 2 atom stereocenters. The molecule has 2 fully saturated rings. The monoisotopic (exact) mass is 467 g/mol. The van der Waals surface area contributed by atoms with Crippen LogP contribution in [0.25, 0.3) is 0 Å². The van der Waals surface area contributed by atoms with Gasteiger partial charge in [-0.05, 0) is 19.8 Å². The van der Waals surface area contributed by atoms with Gasteiger partial charge < -0.3 is 21.1 Å². The van der Waals surface area contributed by atoms with Crippen molar-refractivity contribution in [2.24, 2.45) is 10.4 Å². The fourth-order valence-corrected chi connectivity index (χ4v) is 3.14. The molecule has 2 aliphatic rings. The van der Waals surface area contributed by atoms with E-state index in [1.165, 1.54) is 4.90 Å². The van der Waals surface area contributed by atoms with Crippen molar-refractivity contribution in [3.05, 3.63) is 0 Å². The summed E-state index contributed by atoms with van der Waals surface area (Å²) in [6.45, 7) is 6.13. The van der Waals surface area contributed by atoms with Gasteiger partial charge in [-0.25, -0.2) is 4.79 Å². The molecule has 0 bridgehead atoms. The standard InChI is InChI=1S/C16H29N5O3.HI/c1-3-17-14(18-8-9-21-13(23)10-19-15(21)24)20-11-16(2)7-5-4-6-12(16)22;/h12,22H,3-11H2,1-2H3,(H,19,24)(H2,17,18,20);1H. The molecule has 0 spiro atoms. The number of rotatable bonds is 6. The summed E-state index contributed by atoms with van der Waals surface area (Å²) in [4.78, 5) is 28.8. The van der Waals surface area contributed by atoms with Crippen LogP contribution < -0.4 is 16.0 Å². The van der Waals surface area contributed by atoms with Crippen LogP contribution in [0.15, 0.2) is 4.99 Å². The molecule has 2 rings (SSSR count). The summed E-state index contributed by atoms with van der Waals surface area (Å²) in [6.07, 6.45) is 3.69. The summed E-state index contributed by atoms with van der Waals surface area (Å²) in [5.41, 5.74) is -0.189. The van der Waals surface area contributed by atoms with Crippen molar-refractivity contribution in [3.8, 4) is 0 Å². The molecule has 0 radical (unpaired) electrons. The van der Waals surface area contributed by atoms with Crippen LogP contribution >= 0.6 is 24.0 Å². The van der Waals surface area contributed by atoms with Crippen molar-refractivity contribution in [1.29, 1.82) is 0 Å². The van der Waals surface area contributed by atoms with Crippen LogP contribution in [-0.4, -0.2) is 66.7 Å². The van der Waals surface area contributed by atoms with Crippen LogP contribution in [0.2, 0.25) is 0 Å². The molecule has 1 saturated heterocycles. The minimum Gasteiger partial charge on any atom is -0.392 e. The van der Waals surface area contributed by atoms with Gasteiger partial charge in [0, 0.05) is 25.0 Å². The summed E-state index contributed by atoms with van der Waals surface area (Å²) >= 11 is 0. The number of carbonyl (C=O) groups is 2. The third-order valence-electron chi connectivity index (χ3n) is 4.79. The summed E-state index contributed by atoms with van der Waals surface area (Å²) in [6, 6.07) is -0.346. The lowest BCUT2D eigenvalue weighted by Crippen LogP contribution is -2.44. The smallest absolute Gasteiger partial charge is 0.324 e. The molecule has 0 aromatic carbocycles. The molecule has 1 heterocycles. The zero-order chi connectivity index (χ0) is 17.6. The minimum absolute atomic E-state index is 0. The van der Waals surface area contributed by atoms with E-state index in [2.05, 4.69) is 27.9 Å². The first-order valence-corrected chi connectivity index (χ1v) is 8.75. The molecule has 3 amide bonds. The van der Waals surface area contributed by atoms with Gasteiger partial charge in [0.1, 0.15) is 0 Å². The molecular formula is C16H30IN5O3. The SMILES string of the molecule is CCNC(=NCC1(C)CCCCC1O)NCCN1C(=O)CNC1=O.I. The predicted molar refractivity (Wildman–Crippen MR) is 107 cm³/mol. The highest BCUT2D eigenvalue weighted by Crippen LogP contribution is 2.36. The van der Waals surface area contributed by atoms with E-state index >= 15 is 0 Å². The molecule has 1 aliphatic carbocycles. The average Bonchev–Trinajstić information content (AvgIpc) is 2.87. The second-order valence-electron chi connectivity index (χ2n) is 6.74. The van der Waals surface area contributed by atoms with E-state index in [4.69, 9.17) is 0 Å². The number of aliphatic hydroxyl groups is 1. The summed E-state index contributed by atoms with van der Waals surface area (Å²) in [5, 5.41) is 19.0. The Labute approximate surface area is 166 Å². The summed E-state index contributed by atoms with van der Waals surface area (Å²) in [7, 11) is 0. The number of hydrogen-bond acceptors (Lipinski definition) is 4. The molecular weight excluding hydrogens is 437 g/mol. The van der Waals surface area contributed by atoms with Crippen molar-refractivity contribution >= 4 is 41.9 Å². The number of carbonyl (C=O) groups excluding carboxylic acids is 2. The fraction of sp³-hybridized carbons (Fsp3) is 0.812. The summed E-state index contributed by atoms with van der Waals surface area (Å²) < 4.78 is 0. The Kier molecular flexibility index (Phi) is 8.91. The molecule has 1 aliphatic heterocycles. The van der Waals surface area contributed by atoms with Crippen LogP contribution in [-0.2, 0) is 4.79 Å². The highest BCUT2D eigenvalue weighted by molar-refractivity contribution is 14.0. The van der Waals surface area contributed by atoms with Gasteiger partial charge >= 0.3 is 6.03 Å². The third kappa shape index (κ3) is 5.98. The normalized spacial score (nSPS) is 26.9. The van der Waals surface area contributed by atoms with Gasteiger partial charge in [-0.2, -0.15) is 0 Å². The fourth-order valence-electron chi connectivity index (χ4n) is 3.14. The number of aliphatic hydroxyl groups excluding tert-OH is 1. The van der Waals surface area contributed by atoms with Crippen molar-refractivity contribution in [2.75, 3.05) is 32.7 Å². The second kappa shape index (κ2) is 10.1. The highest BCUT2D eigenvalue weighted by Gasteiger charge is 2.35. The van der Waals surface area contributed by atoms with Crippen molar-refractivity contribution in [2.45, 2.75) is 45.6 Å². The molecule has 1 saturated carbocycles. The molecule has 25 heavy (non-hydrogen) atoms. The van der Waals surface area contributed by atoms with E-state index in [1.807, 2.05) is 6.92 Å².